The summed E-state index contributed by atoms with van der Waals surface area (Å²) >= 11 is 0. The lowest BCUT2D eigenvalue weighted by Crippen LogP contribution is -1.84. The van der Waals surface area contributed by atoms with Crippen LogP contribution in [-0.2, 0) is 0 Å². The van der Waals surface area contributed by atoms with Crippen molar-refractivity contribution in [2.75, 3.05) is 0 Å². The molecule has 3 heteroatoms. The van der Waals surface area contributed by atoms with Gasteiger partial charge in [-0.25, -0.2) is 4.39 Å². The van der Waals surface area contributed by atoms with Crippen LogP contribution in [0.4, 0.5) is 4.39 Å². The van der Waals surface area contributed by atoms with Crippen molar-refractivity contribution in [2.45, 2.75) is 0 Å². The lowest BCUT2D eigenvalue weighted by atomic mass is 10.2. The zero-order valence-electron chi connectivity index (χ0n) is 9.51. The van der Waals surface area contributed by atoms with Crippen molar-refractivity contribution in [1.82, 2.24) is 0 Å². The highest BCUT2D eigenvalue weighted by molar-refractivity contribution is 5.53. The Morgan fingerprint density at radius 3 is 2.06 bits per heavy atom. The second kappa shape index (κ2) is 5.65. The molecule has 2 aromatic carbocycles. The molecule has 0 saturated heterocycles. The maximum absolute atomic E-state index is 12.7. The molecule has 0 amide bonds. The molecule has 0 atom stereocenters. The standard InChI is InChI=1S/C15H10FNO/c16-13-5-9-15(10-6-13)18-14-7-3-12(4-8-14)2-1-11-17/h1-10H/b2-1+. The fourth-order valence-electron chi connectivity index (χ4n) is 1.42. The van der Waals surface area contributed by atoms with Gasteiger partial charge in [-0.05, 0) is 48.0 Å². The van der Waals surface area contributed by atoms with E-state index in [-0.39, 0.29) is 5.82 Å². The number of benzene rings is 2. The molecule has 0 heterocycles. The second-order valence-corrected chi connectivity index (χ2v) is 3.59. The molecule has 0 spiro atoms. The van der Waals surface area contributed by atoms with Gasteiger partial charge in [-0.15, -0.1) is 0 Å². The number of allylic oxidation sites excluding steroid dienone is 1. The Bertz CT molecular complexity index is 579. The fraction of sp³-hybridized carbons (Fsp3) is 0. The summed E-state index contributed by atoms with van der Waals surface area (Å²) in [4.78, 5) is 0. The molecule has 0 bridgehead atoms. The van der Waals surface area contributed by atoms with E-state index in [1.165, 1.54) is 18.2 Å². The third kappa shape index (κ3) is 3.19. The summed E-state index contributed by atoms with van der Waals surface area (Å²) in [5, 5.41) is 8.41. The van der Waals surface area contributed by atoms with Crippen LogP contribution in [0, 0.1) is 17.1 Å². The van der Waals surface area contributed by atoms with Crippen molar-refractivity contribution in [2.24, 2.45) is 0 Å². The summed E-state index contributed by atoms with van der Waals surface area (Å²) in [6.07, 6.45) is 3.12. The summed E-state index contributed by atoms with van der Waals surface area (Å²) in [6.45, 7) is 0. The van der Waals surface area contributed by atoms with E-state index in [1.54, 1.807) is 30.3 Å². The van der Waals surface area contributed by atoms with Crippen LogP contribution < -0.4 is 4.74 Å². The second-order valence-electron chi connectivity index (χ2n) is 3.59. The van der Waals surface area contributed by atoms with Gasteiger partial charge >= 0.3 is 0 Å². The van der Waals surface area contributed by atoms with E-state index in [0.717, 1.165) is 5.56 Å². The van der Waals surface area contributed by atoms with Gasteiger partial charge in [0.15, 0.2) is 0 Å². The van der Waals surface area contributed by atoms with Crippen LogP contribution >= 0.6 is 0 Å². The summed E-state index contributed by atoms with van der Waals surface area (Å²) < 4.78 is 18.2. The average molecular weight is 239 g/mol. The topological polar surface area (TPSA) is 33.0 Å². The minimum atomic E-state index is -0.292. The molecule has 2 rings (SSSR count). The molecule has 0 N–H and O–H groups in total. The largest absolute Gasteiger partial charge is 0.457 e. The first-order valence-electron chi connectivity index (χ1n) is 5.37. The maximum atomic E-state index is 12.7. The van der Waals surface area contributed by atoms with Crippen molar-refractivity contribution in [1.29, 1.82) is 5.26 Å². The summed E-state index contributed by atoms with van der Waals surface area (Å²) in [6, 6.07) is 15.0. The number of hydrogen-bond donors (Lipinski definition) is 0. The number of hydrogen-bond acceptors (Lipinski definition) is 2. The minimum absolute atomic E-state index is 0.292. The lowest BCUT2D eigenvalue weighted by molar-refractivity contribution is 0.480. The summed E-state index contributed by atoms with van der Waals surface area (Å²) in [5.74, 6) is 0.951. The average Bonchev–Trinajstić information content (AvgIpc) is 2.41. The number of nitriles is 1. The van der Waals surface area contributed by atoms with Crippen LogP contribution in [0.1, 0.15) is 5.56 Å². The number of rotatable bonds is 3. The van der Waals surface area contributed by atoms with Gasteiger partial charge in [0.25, 0.3) is 0 Å². The normalized spacial score (nSPS) is 10.2. The van der Waals surface area contributed by atoms with E-state index >= 15 is 0 Å². The van der Waals surface area contributed by atoms with E-state index in [2.05, 4.69) is 0 Å². The molecule has 0 aliphatic rings. The summed E-state index contributed by atoms with van der Waals surface area (Å²) in [7, 11) is 0. The quantitative estimate of drug-likeness (QED) is 0.753. The van der Waals surface area contributed by atoms with E-state index in [1.807, 2.05) is 18.2 Å². The Labute approximate surface area is 105 Å². The molecule has 18 heavy (non-hydrogen) atoms. The molecule has 0 radical (unpaired) electrons. The highest BCUT2D eigenvalue weighted by atomic mass is 19.1. The van der Waals surface area contributed by atoms with Gasteiger partial charge in [-0.2, -0.15) is 5.26 Å². The third-order valence-corrected chi connectivity index (χ3v) is 2.28. The van der Waals surface area contributed by atoms with E-state index in [4.69, 9.17) is 10.00 Å². The molecular formula is C15H10FNO. The van der Waals surface area contributed by atoms with Crippen LogP contribution in [-0.4, -0.2) is 0 Å². The maximum Gasteiger partial charge on any atom is 0.127 e. The predicted molar refractivity (Wildman–Crippen MR) is 67.6 cm³/mol. The van der Waals surface area contributed by atoms with Crippen LogP contribution in [0.5, 0.6) is 11.5 Å². The van der Waals surface area contributed by atoms with Crippen molar-refractivity contribution in [3.05, 3.63) is 66.0 Å². The molecule has 2 aromatic rings. The van der Waals surface area contributed by atoms with Crippen molar-refractivity contribution >= 4 is 6.08 Å². The van der Waals surface area contributed by atoms with E-state index < -0.39 is 0 Å². The Morgan fingerprint density at radius 2 is 1.50 bits per heavy atom. The first-order chi connectivity index (χ1) is 8.78. The van der Waals surface area contributed by atoms with Gasteiger partial charge in [0.1, 0.15) is 17.3 Å². The van der Waals surface area contributed by atoms with E-state index in [0.29, 0.717) is 11.5 Å². The molecule has 0 aliphatic carbocycles. The molecule has 0 fully saturated rings. The zero-order valence-corrected chi connectivity index (χ0v) is 9.51. The highest BCUT2D eigenvalue weighted by Gasteiger charge is 1.97. The lowest BCUT2D eigenvalue weighted by Gasteiger charge is -2.05. The van der Waals surface area contributed by atoms with Crippen LogP contribution in [0.25, 0.3) is 6.08 Å². The van der Waals surface area contributed by atoms with Crippen LogP contribution in [0.2, 0.25) is 0 Å². The zero-order chi connectivity index (χ0) is 12.8. The van der Waals surface area contributed by atoms with Gasteiger partial charge < -0.3 is 4.74 Å². The summed E-state index contributed by atoms with van der Waals surface area (Å²) in [5.41, 5.74) is 0.919. The molecule has 0 aromatic heterocycles. The van der Waals surface area contributed by atoms with Gasteiger partial charge in [-0.3, -0.25) is 0 Å². The fourth-order valence-corrected chi connectivity index (χ4v) is 1.42. The van der Waals surface area contributed by atoms with Gasteiger partial charge in [0.2, 0.25) is 0 Å². The number of halogens is 1. The SMILES string of the molecule is N#C/C=C/c1ccc(Oc2ccc(F)cc2)cc1. The Balaban J connectivity index is 2.09. The monoisotopic (exact) mass is 239 g/mol. The third-order valence-electron chi connectivity index (χ3n) is 2.28. The molecule has 2 nitrogen and oxygen atoms in total. The number of ether oxygens (including phenoxy) is 1. The van der Waals surface area contributed by atoms with Gasteiger partial charge in [0, 0.05) is 6.08 Å². The molecular weight excluding hydrogens is 229 g/mol. The molecule has 0 unspecified atom stereocenters. The minimum Gasteiger partial charge on any atom is -0.457 e. The van der Waals surface area contributed by atoms with Crippen LogP contribution in [0.3, 0.4) is 0 Å². The Kier molecular flexibility index (Phi) is 3.72. The first-order valence-corrected chi connectivity index (χ1v) is 5.37. The predicted octanol–water partition coefficient (Wildman–Crippen LogP) is 4.15. The Hall–Kier alpha value is -2.60. The smallest absolute Gasteiger partial charge is 0.127 e. The number of nitrogens with zero attached hydrogens (tertiary/aromatic N) is 1. The highest BCUT2D eigenvalue weighted by Crippen LogP contribution is 2.22. The van der Waals surface area contributed by atoms with Crippen LogP contribution in [0.15, 0.2) is 54.6 Å². The van der Waals surface area contributed by atoms with Crippen molar-refractivity contribution in [3.8, 4) is 17.6 Å². The van der Waals surface area contributed by atoms with Gasteiger partial charge in [0.05, 0.1) is 6.07 Å². The van der Waals surface area contributed by atoms with Crippen molar-refractivity contribution in [3.63, 3.8) is 0 Å². The van der Waals surface area contributed by atoms with E-state index in [9.17, 15) is 4.39 Å². The molecule has 0 saturated carbocycles. The van der Waals surface area contributed by atoms with Crippen molar-refractivity contribution < 1.29 is 9.13 Å². The molecule has 88 valence electrons. The van der Waals surface area contributed by atoms with Gasteiger partial charge in [-0.1, -0.05) is 12.1 Å². The first kappa shape index (κ1) is 11.9. The molecule has 0 aliphatic heterocycles. The Morgan fingerprint density at radius 1 is 0.944 bits per heavy atom.